The average molecular weight is 391 g/mol. The minimum Gasteiger partial charge on any atom is -0.478 e. The van der Waals surface area contributed by atoms with Crippen molar-refractivity contribution < 1.29 is 9.90 Å². The van der Waals surface area contributed by atoms with Crippen LogP contribution in [0.3, 0.4) is 0 Å². The molecule has 0 saturated heterocycles. The van der Waals surface area contributed by atoms with E-state index in [9.17, 15) is 9.90 Å². The van der Waals surface area contributed by atoms with E-state index in [1.807, 2.05) is 73.0 Å². The van der Waals surface area contributed by atoms with Crippen molar-refractivity contribution in [1.82, 2.24) is 9.55 Å². The molecule has 0 radical (unpaired) electrons. The van der Waals surface area contributed by atoms with E-state index in [0.717, 1.165) is 22.3 Å². The highest BCUT2D eigenvalue weighted by atomic mass is 35.5. The van der Waals surface area contributed by atoms with E-state index in [4.69, 9.17) is 11.6 Å². The molecule has 4 aromatic rings. The molecule has 28 heavy (non-hydrogen) atoms. The van der Waals surface area contributed by atoms with Gasteiger partial charge in [-0.2, -0.15) is 0 Å². The van der Waals surface area contributed by atoms with Crippen molar-refractivity contribution in [1.29, 1.82) is 0 Å². The highest BCUT2D eigenvalue weighted by Crippen LogP contribution is 2.34. The first-order valence-corrected chi connectivity index (χ1v) is 9.39. The zero-order valence-electron chi connectivity index (χ0n) is 15.6. The van der Waals surface area contributed by atoms with Crippen LogP contribution < -0.4 is 0 Å². The van der Waals surface area contributed by atoms with Gasteiger partial charge < -0.3 is 9.67 Å². The third-order valence-corrected chi connectivity index (χ3v) is 5.35. The number of fused-ring (bicyclic) bond motifs is 1. The summed E-state index contributed by atoms with van der Waals surface area (Å²) in [5.74, 6) is -0.989. The summed E-state index contributed by atoms with van der Waals surface area (Å²) in [7, 11) is 0. The minimum absolute atomic E-state index is 0.0434. The number of nitrogens with zero attached hydrogens (tertiary/aromatic N) is 2. The highest BCUT2D eigenvalue weighted by Gasteiger charge is 2.20. The van der Waals surface area contributed by atoms with E-state index < -0.39 is 5.97 Å². The molecule has 5 heteroatoms. The highest BCUT2D eigenvalue weighted by molar-refractivity contribution is 6.33. The van der Waals surface area contributed by atoms with Crippen LogP contribution >= 0.6 is 11.6 Å². The Morgan fingerprint density at radius 2 is 1.86 bits per heavy atom. The number of aromatic carboxylic acids is 1. The molecule has 1 aromatic heterocycles. The predicted molar refractivity (Wildman–Crippen MR) is 112 cm³/mol. The fourth-order valence-corrected chi connectivity index (χ4v) is 3.87. The van der Waals surface area contributed by atoms with E-state index in [2.05, 4.69) is 4.98 Å². The molecule has 1 unspecified atom stereocenters. The summed E-state index contributed by atoms with van der Waals surface area (Å²) in [6.45, 7) is 4.00. The van der Waals surface area contributed by atoms with Crippen molar-refractivity contribution >= 4 is 28.6 Å². The Labute approximate surface area is 168 Å². The minimum atomic E-state index is -0.989. The molecule has 1 atom stereocenters. The number of imidazole rings is 1. The van der Waals surface area contributed by atoms with E-state index in [0.29, 0.717) is 16.1 Å². The van der Waals surface area contributed by atoms with Gasteiger partial charge in [0.25, 0.3) is 0 Å². The van der Waals surface area contributed by atoms with E-state index in [-0.39, 0.29) is 11.6 Å². The van der Waals surface area contributed by atoms with Crippen LogP contribution in [0.25, 0.3) is 22.2 Å². The number of rotatable bonds is 4. The molecule has 0 aliphatic rings. The Hall–Kier alpha value is -3.11. The van der Waals surface area contributed by atoms with Crippen molar-refractivity contribution in [3.8, 4) is 11.1 Å². The maximum absolute atomic E-state index is 12.1. The number of carboxylic acid groups (broad SMARTS) is 1. The number of benzene rings is 3. The van der Waals surface area contributed by atoms with Gasteiger partial charge in [-0.15, -0.1) is 0 Å². The first-order chi connectivity index (χ1) is 13.5. The lowest BCUT2D eigenvalue weighted by atomic mass is 10.00. The van der Waals surface area contributed by atoms with Gasteiger partial charge in [0.1, 0.15) is 0 Å². The van der Waals surface area contributed by atoms with Gasteiger partial charge in [-0.3, -0.25) is 0 Å². The Morgan fingerprint density at radius 1 is 1.11 bits per heavy atom. The molecular formula is C23H19ClN2O2. The number of halogens is 1. The summed E-state index contributed by atoms with van der Waals surface area (Å²) in [6.07, 6.45) is 1.70. The molecule has 0 amide bonds. The molecule has 0 aliphatic carbocycles. The summed E-state index contributed by atoms with van der Waals surface area (Å²) >= 11 is 6.41. The average Bonchev–Trinajstić information content (AvgIpc) is 3.11. The van der Waals surface area contributed by atoms with Crippen LogP contribution in [0.4, 0.5) is 0 Å². The zero-order valence-corrected chi connectivity index (χ0v) is 16.3. The second kappa shape index (κ2) is 7.13. The topological polar surface area (TPSA) is 55.1 Å². The predicted octanol–water partition coefficient (Wildman–Crippen LogP) is 5.97. The molecule has 0 aliphatic heterocycles. The Kier molecular flexibility index (Phi) is 4.65. The van der Waals surface area contributed by atoms with Crippen molar-refractivity contribution in [2.75, 3.05) is 0 Å². The number of hydrogen-bond acceptors (Lipinski definition) is 2. The monoisotopic (exact) mass is 390 g/mol. The van der Waals surface area contributed by atoms with Gasteiger partial charge in [-0.25, -0.2) is 9.78 Å². The standard InChI is InChI=1S/C23H19ClN2O2/c1-14-8-9-18(20(24)10-14)17-11-19(23(27)28)22-21(12-17)25-13-26(22)15(2)16-6-4-3-5-7-16/h3-13,15H,1-2H3,(H,27,28). The van der Waals surface area contributed by atoms with Crippen LogP contribution in [0.15, 0.2) is 67.0 Å². The van der Waals surface area contributed by atoms with Gasteiger partial charge in [0, 0.05) is 10.6 Å². The maximum atomic E-state index is 12.1. The van der Waals surface area contributed by atoms with Gasteiger partial charge in [0.2, 0.25) is 0 Å². The van der Waals surface area contributed by atoms with E-state index >= 15 is 0 Å². The third kappa shape index (κ3) is 3.16. The lowest BCUT2D eigenvalue weighted by molar-refractivity contribution is 0.0698. The molecule has 4 nitrogen and oxygen atoms in total. The van der Waals surface area contributed by atoms with Crippen molar-refractivity contribution in [3.05, 3.63) is 88.7 Å². The molecule has 1 heterocycles. The van der Waals surface area contributed by atoms with Gasteiger partial charge in [0.05, 0.1) is 29.0 Å². The molecule has 140 valence electrons. The van der Waals surface area contributed by atoms with E-state index in [1.54, 1.807) is 12.4 Å². The first-order valence-electron chi connectivity index (χ1n) is 9.01. The van der Waals surface area contributed by atoms with Crippen LogP contribution in [0, 0.1) is 6.92 Å². The molecule has 0 spiro atoms. The summed E-state index contributed by atoms with van der Waals surface area (Å²) in [6, 6.07) is 19.2. The number of carboxylic acids is 1. The zero-order chi connectivity index (χ0) is 19.8. The maximum Gasteiger partial charge on any atom is 0.337 e. The summed E-state index contributed by atoms with van der Waals surface area (Å²) in [4.78, 5) is 16.6. The smallest absolute Gasteiger partial charge is 0.337 e. The Balaban J connectivity index is 1.92. The van der Waals surface area contributed by atoms with Crippen molar-refractivity contribution in [3.63, 3.8) is 0 Å². The van der Waals surface area contributed by atoms with Crippen molar-refractivity contribution in [2.24, 2.45) is 0 Å². The van der Waals surface area contributed by atoms with E-state index in [1.165, 1.54) is 0 Å². The van der Waals surface area contributed by atoms with Crippen LogP contribution in [0.5, 0.6) is 0 Å². The molecular weight excluding hydrogens is 372 g/mol. The summed E-state index contributed by atoms with van der Waals surface area (Å²) in [5.41, 5.74) is 5.13. The summed E-state index contributed by atoms with van der Waals surface area (Å²) in [5, 5.41) is 10.5. The fraction of sp³-hybridized carbons (Fsp3) is 0.130. The Morgan fingerprint density at radius 3 is 2.54 bits per heavy atom. The van der Waals surface area contributed by atoms with Crippen LogP contribution in [-0.2, 0) is 0 Å². The molecule has 4 rings (SSSR count). The van der Waals surface area contributed by atoms with Crippen LogP contribution in [-0.4, -0.2) is 20.6 Å². The molecule has 0 saturated carbocycles. The SMILES string of the molecule is Cc1ccc(-c2cc(C(=O)O)c3c(c2)ncn3C(C)c2ccccc2)c(Cl)c1. The number of aromatic nitrogens is 2. The lowest BCUT2D eigenvalue weighted by Crippen LogP contribution is -2.09. The molecule has 0 bridgehead atoms. The van der Waals surface area contributed by atoms with Crippen LogP contribution in [0.1, 0.15) is 34.5 Å². The number of carbonyl (C=O) groups is 1. The van der Waals surface area contributed by atoms with Gasteiger partial charge in [-0.1, -0.05) is 54.1 Å². The molecule has 1 N–H and O–H groups in total. The third-order valence-electron chi connectivity index (χ3n) is 5.03. The summed E-state index contributed by atoms with van der Waals surface area (Å²) < 4.78 is 1.91. The second-order valence-electron chi connectivity index (χ2n) is 6.92. The lowest BCUT2D eigenvalue weighted by Gasteiger charge is -2.16. The quantitative estimate of drug-likeness (QED) is 0.466. The normalized spacial score (nSPS) is 12.2. The van der Waals surface area contributed by atoms with Crippen molar-refractivity contribution in [2.45, 2.75) is 19.9 Å². The number of hydrogen-bond donors (Lipinski definition) is 1. The second-order valence-corrected chi connectivity index (χ2v) is 7.33. The number of aryl methyl sites for hydroxylation is 1. The van der Waals surface area contributed by atoms with Gasteiger partial charge in [-0.05, 0) is 48.7 Å². The molecule has 0 fully saturated rings. The fourth-order valence-electron chi connectivity index (χ4n) is 3.53. The first kappa shape index (κ1) is 18.3. The largest absolute Gasteiger partial charge is 0.478 e. The van der Waals surface area contributed by atoms with Crippen LogP contribution in [0.2, 0.25) is 5.02 Å². The Bertz CT molecular complexity index is 1180. The van der Waals surface area contributed by atoms with Gasteiger partial charge in [0.15, 0.2) is 0 Å². The molecule has 3 aromatic carbocycles. The van der Waals surface area contributed by atoms with Gasteiger partial charge >= 0.3 is 5.97 Å².